The molecule has 0 unspecified atom stereocenters. The Morgan fingerprint density at radius 3 is 1.03 bits per heavy atom. The van der Waals surface area contributed by atoms with Crippen molar-refractivity contribution in [1.29, 1.82) is 0 Å². The average molecular weight is 508 g/mol. The van der Waals surface area contributed by atoms with Gasteiger partial charge in [0.25, 0.3) is 0 Å². The average Bonchev–Trinajstić information content (AvgIpc) is 2.66. The Morgan fingerprint density at radius 2 is 0.788 bits per heavy atom. The lowest BCUT2D eigenvalue weighted by Crippen LogP contribution is -2.38. The zero-order valence-electron chi connectivity index (χ0n) is 17.1. The van der Waals surface area contributed by atoms with Crippen molar-refractivity contribution in [2.45, 2.75) is 44.2 Å². The number of carboxylic acids is 1. The lowest BCUT2D eigenvalue weighted by atomic mass is 10.3. The molecule has 0 aliphatic heterocycles. The normalized spacial score (nSPS) is 11.9. The van der Waals surface area contributed by atoms with Crippen molar-refractivity contribution in [3.63, 3.8) is 0 Å². The van der Waals surface area contributed by atoms with Crippen LogP contribution in [0, 0.1) is 0 Å². The highest BCUT2D eigenvalue weighted by atomic mass is 19.4. The van der Waals surface area contributed by atoms with E-state index in [2.05, 4.69) is 10.6 Å². The fourth-order valence-electron chi connectivity index (χ4n) is 1.78. The van der Waals surface area contributed by atoms with Gasteiger partial charge >= 0.3 is 36.3 Å². The summed E-state index contributed by atoms with van der Waals surface area (Å²) in [7, 11) is 0. The number of carbonyl (C=O) groups excluding carboxylic acids is 2. The van der Waals surface area contributed by atoms with E-state index in [0.29, 0.717) is 39.0 Å². The number of aliphatic carboxylic acids is 1. The minimum absolute atomic E-state index is 0.0578. The van der Waals surface area contributed by atoms with E-state index in [4.69, 9.17) is 9.90 Å². The fourth-order valence-corrected chi connectivity index (χ4v) is 1.78. The van der Waals surface area contributed by atoms with Gasteiger partial charge in [-0.1, -0.05) is 0 Å². The van der Waals surface area contributed by atoms with Gasteiger partial charge in [-0.25, -0.2) is 4.79 Å². The van der Waals surface area contributed by atoms with Crippen LogP contribution < -0.4 is 21.3 Å². The van der Waals surface area contributed by atoms with E-state index >= 15 is 0 Å². The summed E-state index contributed by atoms with van der Waals surface area (Å²) in [4.78, 5) is 29.9. The Bertz CT molecular complexity index is 544. The Labute approximate surface area is 182 Å². The first-order chi connectivity index (χ1) is 15.0. The first-order valence-corrected chi connectivity index (χ1v) is 9.41. The second-order valence-electron chi connectivity index (χ2n) is 6.22. The molecule has 8 nitrogen and oxygen atoms in total. The van der Waals surface area contributed by atoms with Crippen LogP contribution in [0.2, 0.25) is 0 Å². The molecule has 0 aromatic heterocycles. The third-order valence-corrected chi connectivity index (χ3v) is 3.35. The molecule has 0 radical (unpaired) electrons. The third kappa shape index (κ3) is 21.3. The van der Waals surface area contributed by atoms with Gasteiger partial charge in [0.15, 0.2) is 0 Å². The van der Waals surface area contributed by atoms with Gasteiger partial charge in [0, 0.05) is 13.1 Å². The largest absolute Gasteiger partial charge is 0.490 e. The minimum Gasteiger partial charge on any atom is -0.475 e. The topological polar surface area (TPSA) is 120 Å². The maximum absolute atomic E-state index is 11.9. The molecule has 0 spiro atoms. The number of amides is 2. The van der Waals surface area contributed by atoms with Crippen LogP contribution in [0.25, 0.3) is 0 Å². The fraction of sp³-hybridized carbons (Fsp3) is 0.812. The maximum atomic E-state index is 11.9. The van der Waals surface area contributed by atoms with E-state index in [-0.39, 0.29) is 13.1 Å². The van der Waals surface area contributed by atoms with Crippen LogP contribution in [0.4, 0.5) is 39.5 Å². The number of alkyl halides is 9. The monoisotopic (exact) mass is 508 g/mol. The number of hydrogen-bond donors (Lipinski definition) is 5. The van der Waals surface area contributed by atoms with E-state index < -0.39 is 36.3 Å². The Balaban J connectivity index is 0. The first-order valence-electron chi connectivity index (χ1n) is 9.41. The molecular weight excluding hydrogens is 483 g/mol. The lowest BCUT2D eigenvalue weighted by molar-refractivity contribution is -0.192. The van der Waals surface area contributed by atoms with Gasteiger partial charge in [-0.2, -0.15) is 39.5 Å². The molecule has 17 heteroatoms. The zero-order chi connectivity index (χ0) is 26.1. The molecule has 2 amide bonds. The second-order valence-corrected chi connectivity index (χ2v) is 6.22. The van der Waals surface area contributed by atoms with Crippen molar-refractivity contribution < 1.29 is 59.0 Å². The third-order valence-electron chi connectivity index (χ3n) is 3.35. The summed E-state index contributed by atoms with van der Waals surface area (Å²) in [5.41, 5.74) is 0. The molecule has 0 aromatic carbocycles. The molecule has 0 saturated heterocycles. The van der Waals surface area contributed by atoms with Crippen LogP contribution in [-0.4, -0.2) is 80.7 Å². The number of unbranched alkanes of at least 4 members (excludes halogenated alkanes) is 1. The van der Waals surface area contributed by atoms with E-state index in [1.165, 1.54) is 0 Å². The van der Waals surface area contributed by atoms with Crippen molar-refractivity contribution in [1.82, 2.24) is 21.3 Å². The van der Waals surface area contributed by atoms with Crippen molar-refractivity contribution in [2.75, 3.05) is 39.3 Å². The summed E-state index contributed by atoms with van der Waals surface area (Å²) in [6.45, 7) is 2.16. The van der Waals surface area contributed by atoms with Gasteiger partial charge in [-0.15, -0.1) is 0 Å². The smallest absolute Gasteiger partial charge is 0.475 e. The van der Waals surface area contributed by atoms with Gasteiger partial charge in [0.1, 0.15) is 0 Å². The predicted octanol–water partition coefficient (Wildman–Crippen LogP) is 1.72. The summed E-state index contributed by atoms with van der Waals surface area (Å²) >= 11 is 0. The number of hydrogen-bond acceptors (Lipinski definition) is 5. The molecule has 0 rings (SSSR count). The molecule has 5 N–H and O–H groups in total. The van der Waals surface area contributed by atoms with Crippen molar-refractivity contribution in [3.05, 3.63) is 0 Å². The van der Waals surface area contributed by atoms with Crippen LogP contribution in [0.15, 0.2) is 0 Å². The van der Waals surface area contributed by atoms with E-state index in [9.17, 15) is 49.1 Å². The quantitative estimate of drug-likeness (QED) is 0.191. The molecule has 0 fully saturated rings. The number of carboxylic acid groups (broad SMARTS) is 1. The molecule has 33 heavy (non-hydrogen) atoms. The lowest BCUT2D eigenvalue weighted by Gasteiger charge is -2.09. The van der Waals surface area contributed by atoms with Crippen molar-refractivity contribution in [2.24, 2.45) is 0 Å². The maximum Gasteiger partial charge on any atom is 0.490 e. The van der Waals surface area contributed by atoms with Gasteiger partial charge in [0.05, 0.1) is 0 Å². The van der Waals surface area contributed by atoms with Crippen LogP contribution in [-0.2, 0) is 14.4 Å². The molecule has 0 saturated carbocycles. The number of rotatable bonds is 13. The minimum atomic E-state index is -5.08. The predicted molar refractivity (Wildman–Crippen MR) is 96.0 cm³/mol. The second kappa shape index (κ2) is 16.3. The molecule has 0 bridgehead atoms. The van der Waals surface area contributed by atoms with Gasteiger partial charge in [0.2, 0.25) is 0 Å². The van der Waals surface area contributed by atoms with Gasteiger partial charge in [-0.3, -0.25) is 9.59 Å². The molecule has 0 atom stereocenters. The van der Waals surface area contributed by atoms with E-state index in [1.54, 1.807) is 10.6 Å². The molecule has 0 aliphatic carbocycles. The first kappa shape index (κ1) is 32.9. The molecule has 0 aliphatic rings. The molecular formula is C16H25F9N4O4. The van der Waals surface area contributed by atoms with Gasteiger partial charge in [-0.05, 0) is 51.9 Å². The van der Waals surface area contributed by atoms with Crippen LogP contribution >= 0.6 is 0 Å². The number of nitrogens with one attached hydrogen (secondary N) is 4. The van der Waals surface area contributed by atoms with Gasteiger partial charge < -0.3 is 26.4 Å². The summed E-state index contributed by atoms with van der Waals surface area (Å²) < 4.78 is 103. The highest BCUT2D eigenvalue weighted by molar-refractivity contribution is 5.81. The Hall–Kier alpha value is -2.30. The molecule has 196 valence electrons. The van der Waals surface area contributed by atoms with E-state index in [0.717, 1.165) is 12.8 Å². The number of carbonyl (C=O) groups is 3. The SMILES string of the molecule is O=C(NCCCNCCCCNCCCNC(=O)C(F)(F)F)C(F)(F)F.O=C(O)C(F)(F)F. The molecule has 0 aromatic rings. The van der Waals surface area contributed by atoms with E-state index in [1.807, 2.05) is 0 Å². The summed E-state index contributed by atoms with van der Waals surface area (Å²) in [5.74, 6) is -6.64. The van der Waals surface area contributed by atoms with Crippen molar-refractivity contribution >= 4 is 17.8 Å². The zero-order valence-corrected chi connectivity index (χ0v) is 17.1. The van der Waals surface area contributed by atoms with Crippen LogP contribution in [0.5, 0.6) is 0 Å². The molecule has 0 heterocycles. The Morgan fingerprint density at radius 1 is 0.515 bits per heavy atom. The highest BCUT2D eigenvalue weighted by Crippen LogP contribution is 2.14. The van der Waals surface area contributed by atoms with Crippen molar-refractivity contribution in [3.8, 4) is 0 Å². The summed E-state index contributed by atoms with van der Waals surface area (Å²) in [6, 6.07) is 0. The summed E-state index contributed by atoms with van der Waals surface area (Å²) in [6.07, 6.45) is -12.4. The summed E-state index contributed by atoms with van der Waals surface area (Å²) in [5, 5.41) is 16.7. The van der Waals surface area contributed by atoms with Crippen LogP contribution in [0.1, 0.15) is 25.7 Å². The van der Waals surface area contributed by atoms with Crippen LogP contribution in [0.3, 0.4) is 0 Å². The standard InChI is InChI=1S/C14H24F6N4O2.C2HF3O2/c15-13(16,17)11(25)23-9-3-7-21-5-1-2-6-22-8-4-10-24-12(26)14(18,19)20;3-2(4,5)1(6)7/h21-22H,1-10H2,(H,23,25)(H,24,26);(H,6,7). The Kier molecular flexibility index (Phi) is 16.3. The number of halogens is 9. The highest BCUT2D eigenvalue weighted by Gasteiger charge is 2.39.